The molecule has 0 aliphatic heterocycles. The van der Waals surface area contributed by atoms with Crippen molar-refractivity contribution in [3.8, 4) is 0 Å². The fourth-order valence-electron chi connectivity index (χ4n) is 2.36. The Morgan fingerprint density at radius 1 is 1.30 bits per heavy atom. The molecular formula is C17H20N2O4. The Morgan fingerprint density at radius 2 is 2.13 bits per heavy atom. The van der Waals surface area contributed by atoms with Crippen LogP contribution in [0.25, 0.3) is 0 Å². The van der Waals surface area contributed by atoms with Crippen LogP contribution in [0.1, 0.15) is 29.6 Å². The van der Waals surface area contributed by atoms with Crippen LogP contribution in [0.15, 0.2) is 36.4 Å². The number of benzene rings is 1. The largest absolute Gasteiger partial charge is 0.456 e. The molecule has 1 aliphatic carbocycles. The molecule has 122 valence electrons. The number of anilines is 1. The van der Waals surface area contributed by atoms with E-state index in [-0.39, 0.29) is 24.4 Å². The van der Waals surface area contributed by atoms with Gasteiger partial charge in [-0.2, -0.15) is 0 Å². The second-order valence-electron chi connectivity index (χ2n) is 5.34. The second-order valence-corrected chi connectivity index (χ2v) is 5.34. The van der Waals surface area contributed by atoms with Crippen molar-refractivity contribution in [3.63, 3.8) is 0 Å². The number of ether oxygens (including phenoxy) is 1. The van der Waals surface area contributed by atoms with E-state index in [9.17, 15) is 14.4 Å². The summed E-state index contributed by atoms with van der Waals surface area (Å²) in [6.45, 7) is -0.334. The standard InChI is InChI=1S/C17H20N2O4/c1-18-17(22)13-7-4-8-14(10-13)19-15(20)11-23-16(21)9-12-5-2-3-6-12/h2,4-5,7-8,10,12H,3,6,9,11H2,1H3,(H,18,22)(H,19,20)/t12-/m1/s1. The first kappa shape index (κ1) is 16.7. The molecule has 1 aliphatic rings. The summed E-state index contributed by atoms with van der Waals surface area (Å²) in [6.07, 6.45) is 6.29. The van der Waals surface area contributed by atoms with Gasteiger partial charge in [0.05, 0.1) is 6.42 Å². The molecular weight excluding hydrogens is 296 g/mol. The van der Waals surface area contributed by atoms with E-state index in [1.807, 2.05) is 12.2 Å². The quantitative estimate of drug-likeness (QED) is 0.620. The van der Waals surface area contributed by atoms with Gasteiger partial charge < -0.3 is 15.4 Å². The Labute approximate surface area is 134 Å². The number of carbonyl (C=O) groups excluding carboxylic acids is 3. The summed E-state index contributed by atoms with van der Waals surface area (Å²) in [7, 11) is 1.53. The molecule has 0 bridgehead atoms. The van der Waals surface area contributed by atoms with Gasteiger partial charge in [-0.1, -0.05) is 18.2 Å². The van der Waals surface area contributed by atoms with Crippen LogP contribution in [0, 0.1) is 5.92 Å². The maximum atomic E-state index is 11.8. The van der Waals surface area contributed by atoms with Crippen molar-refractivity contribution >= 4 is 23.5 Å². The van der Waals surface area contributed by atoms with Crippen molar-refractivity contribution in [1.29, 1.82) is 0 Å². The molecule has 6 nitrogen and oxygen atoms in total. The molecule has 0 radical (unpaired) electrons. The Kier molecular flexibility index (Phi) is 5.91. The Balaban J connectivity index is 1.79. The molecule has 1 aromatic carbocycles. The van der Waals surface area contributed by atoms with E-state index in [1.54, 1.807) is 24.3 Å². The molecule has 6 heteroatoms. The number of hydrogen-bond donors (Lipinski definition) is 2. The third-order valence-corrected chi connectivity index (χ3v) is 3.54. The average Bonchev–Trinajstić information content (AvgIpc) is 3.05. The van der Waals surface area contributed by atoms with Gasteiger partial charge in [0, 0.05) is 18.3 Å². The van der Waals surface area contributed by atoms with E-state index < -0.39 is 5.91 Å². The average molecular weight is 316 g/mol. The summed E-state index contributed by atoms with van der Waals surface area (Å²) in [5, 5.41) is 5.11. The number of hydrogen-bond acceptors (Lipinski definition) is 4. The fraction of sp³-hybridized carbons (Fsp3) is 0.353. The number of nitrogens with one attached hydrogen (secondary N) is 2. The zero-order chi connectivity index (χ0) is 16.7. The minimum atomic E-state index is -0.436. The first-order valence-corrected chi connectivity index (χ1v) is 7.53. The number of allylic oxidation sites excluding steroid dienone is 2. The topological polar surface area (TPSA) is 84.5 Å². The molecule has 2 N–H and O–H groups in total. The number of amides is 2. The smallest absolute Gasteiger partial charge is 0.306 e. The molecule has 0 saturated heterocycles. The van der Waals surface area contributed by atoms with Crippen LogP contribution in [-0.4, -0.2) is 31.4 Å². The SMILES string of the molecule is CNC(=O)c1cccc(NC(=O)COC(=O)C[C@@H]2C=CCC2)c1. The maximum absolute atomic E-state index is 11.8. The number of esters is 1. The molecule has 2 amide bonds. The summed E-state index contributed by atoms with van der Waals surface area (Å²) in [5.41, 5.74) is 0.918. The van der Waals surface area contributed by atoms with Gasteiger partial charge in [-0.25, -0.2) is 0 Å². The fourth-order valence-corrected chi connectivity index (χ4v) is 2.36. The van der Waals surface area contributed by atoms with Crippen LogP contribution in [0.3, 0.4) is 0 Å². The van der Waals surface area contributed by atoms with Crippen LogP contribution in [0.4, 0.5) is 5.69 Å². The van der Waals surface area contributed by atoms with Gasteiger partial charge in [0.1, 0.15) is 0 Å². The first-order valence-electron chi connectivity index (χ1n) is 7.53. The summed E-state index contributed by atoms with van der Waals surface area (Å²) >= 11 is 0. The monoisotopic (exact) mass is 316 g/mol. The Morgan fingerprint density at radius 3 is 2.83 bits per heavy atom. The van der Waals surface area contributed by atoms with Crippen LogP contribution < -0.4 is 10.6 Å². The molecule has 23 heavy (non-hydrogen) atoms. The van der Waals surface area contributed by atoms with Crippen molar-refractivity contribution in [2.45, 2.75) is 19.3 Å². The zero-order valence-corrected chi connectivity index (χ0v) is 13.0. The van der Waals surface area contributed by atoms with Gasteiger partial charge in [0.25, 0.3) is 11.8 Å². The third kappa shape index (κ3) is 5.25. The highest BCUT2D eigenvalue weighted by Crippen LogP contribution is 2.20. The van der Waals surface area contributed by atoms with Crippen LogP contribution >= 0.6 is 0 Å². The molecule has 0 aromatic heterocycles. The van der Waals surface area contributed by atoms with Gasteiger partial charge in [0.2, 0.25) is 0 Å². The van der Waals surface area contributed by atoms with E-state index in [1.165, 1.54) is 7.05 Å². The van der Waals surface area contributed by atoms with E-state index in [0.29, 0.717) is 17.7 Å². The number of carbonyl (C=O) groups is 3. The highest BCUT2D eigenvalue weighted by molar-refractivity contribution is 5.97. The zero-order valence-electron chi connectivity index (χ0n) is 13.0. The predicted molar refractivity (Wildman–Crippen MR) is 85.9 cm³/mol. The lowest BCUT2D eigenvalue weighted by atomic mass is 10.1. The third-order valence-electron chi connectivity index (χ3n) is 3.54. The van der Waals surface area contributed by atoms with Crippen molar-refractivity contribution in [2.24, 2.45) is 5.92 Å². The summed E-state index contributed by atoms with van der Waals surface area (Å²) in [5.74, 6) is -0.836. The van der Waals surface area contributed by atoms with Crippen molar-refractivity contribution in [1.82, 2.24) is 5.32 Å². The normalized spacial score (nSPS) is 16.0. The Bertz CT molecular complexity index is 625. The molecule has 0 spiro atoms. The van der Waals surface area contributed by atoms with Crippen molar-refractivity contribution in [2.75, 3.05) is 19.0 Å². The van der Waals surface area contributed by atoms with Crippen LogP contribution in [0.5, 0.6) is 0 Å². The van der Waals surface area contributed by atoms with Crippen LogP contribution in [-0.2, 0) is 14.3 Å². The minimum absolute atomic E-state index is 0.217. The van der Waals surface area contributed by atoms with E-state index in [4.69, 9.17) is 4.74 Å². The molecule has 1 atom stereocenters. The van der Waals surface area contributed by atoms with Crippen LogP contribution in [0.2, 0.25) is 0 Å². The van der Waals surface area contributed by atoms with Gasteiger partial charge in [0.15, 0.2) is 6.61 Å². The number of rotatable bonds is 6. The van der Waals surface area contributed by atoms with Gasteiger partial charge in [-0.3, -0.25) is 14.4 Å². The summed E-state index contributed by atoms with van der Waals surface area (Å²) < 4.78 is 4.97. The minimum Gasteiger partial charge on any atom is -0.456 e. The van der Waals surface area contributed by atoms with Crippen molar-refractivity contribution in [3.05, 3.63) is 42.0 Å². The van der Waals surface area contributed by atoms with Crippen molar-refractivity contribution < 1.29 is 19.1 Å². The molecule has 0 heterocycles. The molecule has 2 rings (SSSR count). The van der Waals surface area contributed by atoms with E-state index in [0.717, 1.165) is 12.8 Å². The first-order chi connectivity index (χ1) is 11.1. The van der Waals surface area contributed by atoms with Gasteiger partial charge in [-0.05, 0) is 37.0 Å². The molecule has 0 unspecified atom stereocenters. The van der Waals surface area contributed by atoms with Gasteiger partial charge in [-0.15, -0.1) is 0 Å². The highest BCUT2D eigenvalue weighted by Gasteiger charge is 2.16. The summed E-state index contributed by atoms with van der Waals surface area (Å²) in [4.78, 5) is 35.0. The lowest BCUT2D eigenvalue weighted by Gasteiger charge is -2.09. The lowest BCUT2D eigenvalue weighted by molar-refractivity contribution is -0.147. The lowest BCUT2D eigenvalue weighted by Crippen LogP contribution is -2.22. The van der Waals surface area contributed by atoms with E-state index in [2.05, 4.69) is 10.6 Å². The molecule has 1 aromatic rings. The Hall–Kier alpha value is -2.63. The van der Waals surface area contributed by atoms with Gasteiger partial charge >= 0.3 is 5.97 Å². The maximum Gasteiger partial charge on any atom is 0.306 e. The highest BCUT2D eigenvalue weighted by atomic mass is 16.5. The summed E-state index contributed by atoms with van der Waals surface area (Å²) in [6, 6.07) is 6.53. The van der Waals surface area contributed by atoms with E-state index >= 15 is 0 Å². The molecule has 0 fully saturated rings. The predicted octanol–water partition coefficient (Wildman–Crippen LogP) is 1.88. The molecule has 0 saturated carbocycles. The second kappa shape index (κ2) is 8.12.